The number of aromatic nitrogens is 4. The number of aromatic amines is 1. The fourth-order valence-corrected chi connectivity index (χ4v) is 3.58. The molecule has 33 heavy (non-hydrogen) atoms. The molecule has 4 aromatic rings. The Morgan fingerprint density at radius 3 is 2.52 bits per heavy atom. The quantitative estimate of drug-likeness (QED) is 0.322. The molecule has 0 aliphatic heterocycles. The number of fused-ring (bicyclic) bond motifs is 1. The Kier molecular flexibility index (Phi) is 6.64. The third-order valence-electron chi connectivity index (χ3n) is 5.35. The number of anilines is 1. The summed E-state index contributed by atoms with van der Waals surface area (Å²) in [6.07, 6.45) is 5.51. The number of allylic oxidation sites excluding steroid dienone is 1. The summed E-state index contributed by atoms with van der Waals surface area (Å²) in [5.74, 6) is 0.414. The van der Waals surface area contributed by atoms with Crippen LogP contribution in [0, 0.1) is 0 Å². The third kappa shape index (κ3) is 5.17. The monoisotopic (exact) mass is 442 g/mol. The Labute approximate surface area is 190 Å². The summed E-state index contributed by atoms with van der Waals surface area (Å²) < 4.78 is 3.12. The van der Waals surface area contributed by atoms with E-state index < -0.39 is 11.2 Å². The summed E-state index contributed by atoms with van der Waals surface area (Å²) in [6.45, 7) is 2.42. The van der Waals surface area contributed by atoms with Crippen LogP contribution in [0.4, 0.5) is 5.95 Å². The van der Waals surface area contributed by atoms with Crippen LogP contribution in [0.15, 0.2) is 81.4 Å². The Hall–Kier alpha value is -4.20. The molecule has 0 unspecified atom stereocenters. The fourth-order valence-electron chi connectivity index (χ4n) is 3.58. The Morgan fingerprint density at radius 1 is 1.09 bits per heavy atom. The number of rotatable bonds is 8. The molecule has 2 heterocycles. The van der Waals surface area contributed by atoms with Gasteiger partial charge in [-0.2, -0.15) is 10.1 Å². The molecule has 0 radical (unpaired) electrons. The van der Waals surface area contributed by atoms with E-state index in [-0.39, 0.29) is 0 Å². The average molecular weight is 443 g/mol. The van der Waals surface area contributed by atoms with Crippen LogP contribution in [0.3, 0.4) is 0 Å². The normalized spacial score (nSPS) is 12.0. The lowest BCUT2D eigenvalue weighted by Gasteiger charge is -2.08. The molecule has 0 amide bonds. The molecular weight excluding hydrogens is 416 g/mol. The minimum Gasteiger partial charge on any atom is -0.303 e. The average Bonchev–Trinajstić information content (AvgIpc) is 3.20. The number of hydrogen-bond donors (Lipinski definition) is 2. The second kappa shape index (κ2) is 9.95. The van der Waals surface area contributed by atoms with Gasteiger partial charge in [0.15, 0.2) is 11.2 Å². The molecule has 8 nitrogen and oxygen atoms in total. The molecule has 2 aromatic heterocycles. The minimum absolute atomic E-state index is 0.318. The van der Waals surface area contributed by atoms with E-state index in [0.717, 1.165) is 24.1 Å². The predicted molar refractivity (Wildman–Crippen MR) is 133 cm³/mol. The summed E-state index contributed by atoms with van der Waals surface area (Å²) in [7, 11) is 1.59. The molecule has 0 bridgehead atoms. The smallest absolute Gasteiger partial charge is 0.303 e. The van der Waals surface area contributed by atoms with Crippen molar-refractivity contribution in [1.82, 2.24) is 19.1 Å². The largest absolute Gasteiger partial charge is 0.329 e. The first kappa shape index (κ1) is 22.0. The maximum absolute atomic E-state index is 12.6. The molecule has 2 aromatic carbocycles. The van der Waals surface area contributed by atoms with Crippen LogP contribution in [0.25, 0.3) is 17.2 Å². The van der Waals surface area contributed by atoms with Crippen LogP contribution in [0.5, 0.6) is 0 Å². The zero-order chi connectivity index (χ0) is 23.2. The molecule has 0 saturated heterocycles. The van der Waals surface area contributed by atoms with Gasteiger partial charge in [-0.1, -0.05) is 66.7 Å². The first-order valence-electron chi connectivity index (χ1n) is 10.8. The Morgan fingerprint density at radius 2 is 1.79 bits per heavy atom. The van der Waals surface area contributed by atoms with Crippen LogP contribution in [-0.4, -0.2) is 24.8 Å². The third-order valence-corrected chi connectivity index (χ3v) is 5.35. The second-order valence-corrected chi connectivity index (χ2v) is 7.78. The first-order valence-corrected chi connectivity index (χ1v) is 10.8. The van der Waals surface area contributed by atoms with E-state index in [9.17, 15) is 9.59 Å². The molecule has 8 heteroatoms. The molecule has 168 valence electrons. The lowest BCUT2D eigenvalue weighted by Crippen LogP contribution is -2.29. The highest BCUT2D eigenvalue weighted by Gasteiger charge is 2.17. The zero-order valence-corrected chi connectivity index (χ0v) is 18.7. The number of benzene rings is 2. The molecule has 0 aliphatic rings. The van der Waals surface area contributed by atoms with Gasteiger partial charge in [0.05, 0.1) is 5.71 Å². The van der Waals surface area contributed by atoms with E-state index in [1.165, 1.54) is 10.1 Å². The molecular formula is C25H26N6O2. The number of aryl methyl sites for hydroxylation is 3. The maximum atomic E-state index is 12.6. The SMILES string of the molecule is CC(/C=C/c1ccccc1)=N/Nc1nc2c(c(=O)[nH]c(=O)n2C)n1CCCc1ccccc1. The highest BCUT2D eigenvalue weighted by molar-refractivity contribution is 5.96. The molecule has 0 fully saturated rings. The minimum atomic E-state index is -0.501. The van der Waals surface area contributed by atoms with Crippen LogP contribution in [0.2, 0.25) is 0 Å². The zero-order valence-electron chi connectivity index (χ0n) is 18.7. The summed E-state index contributed by atoms with van der Waals surface area (Å²) in [6, 6.07) is 20.1. The maximum Gasteiger partial charge on any atom is 0.329 e. The van der Waals surface area contributed by atoms with E-state index in [4.69, 9.17) is 0 Å². The molecule has 4 rings (SSSR count). The summed E-state index contributed by atoms with van der Waals surface area (Å²) in [4.78, 5) is 31.5. The molecule has 0 aliphatic carbocycles. The van der Waals surface area contributed by atoms with E-state index in [2.05, 4.69) is 32.6 Å². The predicted octanol–water partition coefficient (Wildman–Crippen LogP) is 3.56. The summed E-state index contributed by atoms with van der Waals surface area (Å²) in [5, 5.41) is 4.41. The van der Waals surface area contributed by atoms with Gasteiger partial charge in [-0.3, -0.25) is 14.3 Å². The molecule has 2 N–H and O–H groups in total. The number of nitrogens with one attached hydrogen (secondary N) is 2. The van der Waals surface area contributed by atoms with E-state index in [1.54, 1.807) is 11.6 Å². The van der Waals surface area contributed by atoms with Gasteiger partial charge in [0, 0.05) is 13.6 Å². The standard InChI is InChI=1S/C25H26N6O2/c1-18(15-16-20-12-7-4-8-13-20)28-29-24-26-22-21(23(32)27-25(33)30(22)2)31(24)17-9-14-19-10-5-3-6-11-19/h3-8,10-13,15-16H,9,14,17H2,1-2H3,(H,26,29)(H,27,32,33)/b16-15+,28-18-. The van der Waals surface area contributed by atoms with Gasteiger partial charge in [0.1, 0.15) is 0 Å². The van der Waals surface area contributed by atoms with Crippen molar-refractivity contribution in [2.24, 2.45) is 12.1 Å². The van der Waals surface area contributed by atoms with Crippen molar-refractivity contribution in [3.8, 4) is 0 Å². The van der Waals surface area contributed by atoms with E-state index >= 15 is 0 Å². The van der Waals surface area contributed by atoms with Gasteiger partial charge in [0.25, 0.3) is 5.56 Å². The van der Waals surface area contributed by atoms with Crippen LogP contribution >= 0.6 is 0 Å². The molecule has 0 spiro atoms. The van der Waals surface area contributed by atoms with Crippen LogP contribution in [0.1, 0.15) is 24.5 Å². The van der Waals surface area contributed by atoms with Crippen molar-refractivity contribution < 1.29 is 0 Å². The van der Waals surface area contributed by atoms with E-state index in [1.807, 2.05) is 67.6 Å². The van der Waals surface area contributed by atoms with Crippen molar-refractivity contribution >= 4 is 28.9 Å². The topological polar surface area (TPSA) is 97.1 Å². The number of nitrogens with zero attached hydrogens (tertiary/aromatic N) is 4. The lowest BCUT2D eigenvalue weighted by atomic mass is 10.1. The number of hydrazone groups is 1. The summed E-state index contributed by atoms with van der Waals surface area (Å²) >= 11 is 0. The van der Waals surface area contributed by atoms with Gasteiger partial charge < -0.3 is 4.57 Å². The Balaban J connectivity index is 1.61. The number of H-pyrrole nitrogens is 1. The van der Waals surface area contributed by atoms with Gasteiger partial charge in [-0.15, -0.1) is 0 Å². The van der Waals surface area contributed by atoms with Crippen LogP contribution < -0.4 is 16.7 Å². The first-order chi connectivity index (χ1) is 16.0. The van der Waals surface area contributed by atoms with Crippen molar-refractivity contribution in [2.45, 2.75) is 26.3 Å². The fraction of sp³-hybridized carbons (Fsp3) is 0.200. The highest BCUT2D eigenvalue weighted by atomic mass is 16.2. The second-order valence-electron chi connectivity index (χ2n) is 7.78. The number of imidazole rings is 1. The van der Waals surface area contributed by atoms with Gasteiger partial charge in [0.2, 0.25) is 5.95 Å². The lowest BCUT2D eigenvalue weighted by molar-refractivity contribution is 0.659. The molecule has 0 atom stereocenters. The Bertz CT molecular complexity index is 1410. The van der Waals surface area contributed by atoms with Crippen molar-refractivity contribution in [1.29, 1.82) is 0 Å². The van der Waals surface area contributed by atoms with E-state index in [0.29, 0.717) is 23.7 Å². The highest BCUT2D eigenvalue weighted by Crippen LogP contribution is 2.17. The number of hydrogen-bond acceptors (Lipinski definition) is 5. The van der Waals surface area contributed by atoms with Crippen LogP contribution in [-0.2, 0) is 20.0 Å². The molecule has 0 saturated carbocycles. The summed E-state index contributed by atoms with van der Waals surface area (Å²) in [5.41, 5.74) is 5.72. The van der Waals surface area contributed by atoms with Crippen molar-refractivity contribution in [3.63, 3.8) is 0 Å². The van der Waals surface area contributed by atoms with Gasteiger partial charge in [-0.05, 0) is 37.0 Å². The van der Waals surface area contributed by atoms with Crippen molar-refractivity contribution in [3.05, 3.63) is 98.7 Å². The van der Waals surface area contributed by atoms with Gasteiger partial charge in [-0.25, -0.2) is 10.2 Å². The van der Waals surface area contributed by atoms with Crippen molar-refractivity contribution in [2.75, 3.05) is 5.43 Å². The van der Waals surface area contributed by atoms with Gasteiger partial charge >= 0.3 is 5.69 Å².